The third-order valence-corrected chi connectivity index (χ3v) is 6.72. The van der Waals surface area contributed by atoms with Crippen LogP contribution in [0.2, 0.25) is 0 Å². The summed E-state index contributed by atoms with van der Waals surface area (Å²) >= 11 is 0. The van der Waals surface area contributed by atoms with Gasteiger partial charge in [0.2, 0.25) is 0 Å². The first kappa shape index (κ1) is 25.8. The van der Waals surface area contributed by atoms with Gasteiger partial charge in [-0.15, -0.1) is 0 Å². The van der Waals surface area contributed by atoms with Crippen LogP contribution in [-0.2, 0) is 16.4 Å². The number of amides is 2. The standard InChI is InChI=1S/C25H21F3N4O4S/c1-36-20-8-6-19(7-9-20)32-11-10-29-24(32)22(14-16-12-17(26)15-18(27)13-16)30-25(33)31-37(34,35)23-5-3-2-4-21(23)28/h2-13,15,22H,14H2,1H3,(H2,30,31,33)/t22-/m0/s1. The smallest absolute Gasteiger partial charge is 0.329 e. The van der Waals surface area contributed by atoms with Gasteiger partial charge in [0, 0.05) is 30.6 Å². The molecule has 8 nitrogen and oxygen atoms in total. The second-order valence-corrected chi connectivity index (χ2v) is 9.55. The second kappa shape index (κ2) is 10.7. The lowest BCUT2D eigenvalue weighted by Crippen LogP contribution is -2.42. The van der Waals surface area contributed by atoms with Crippen LogP contribution in [0.5, 0.6) is 5.75 Å². The average Bonchev–Trinajstić information content (AvgIpc) is 3.33. The zero-order chi connectivity index (χ0) is 26.6. The van der Waals surface area contributed by atoms with E-state index >= 15 is 0 Å². The first-order valence-electron chi connectivity index (χ1n) is 10.9. The van der Waals surface area contributed by atoms with E-state index in [4.69, 9.17) is 4.74 Å². The number of halogens is 3. The Balaban J connectivity index is 1.66. The van der Waals surface area contributed by atoms with Gasteiger partial charge in [0.15, 0.2) is 0 Å². The minimum absolute atomic E-state index is 0.144. The number of benzene rings is 3. The summed E-state index contributed by atoms with van der Waals surface area (Å²) < 4.78 is 75.5. The third-order valence-electron chi connectivity index (χ3n) is 5.35. The maximum atomic E-state index is 14.0. The molecule has 2 amide bonds. The van der Waals surface area contributed by atoms with Crippen molar-refractivity contribution in [1.29, 1.82) is 0 Å². The van der Waals surface area contributed by atoms with Crippen LogP contribution in [0.3, 0.4) is 0 Å². The summed E-state index contributed by atoms with van der Waals surface area (Å²) in [5, 5.41) is 2.48. The highest BCUT2D eigenvalue weighted by molar-refractivity contribution is 7.90. The van der Waals surface area contributed by atoms with Crippen LogP contribution in [0, 0.1) is 17.5 Å². The van der Waals surface area contributed by atoms with Crippen LogP contribution in [0.4, 0.5) is 18.0 Å². The van der Waals surface area contributed by atoms with Crippen molar-refractivity contribution in [2.75, 3.05) is 7.11 Å². The molecule has 192 valence electrons. The van der Waals surface area contributed by atoms with E-state index < -0.39 is 44.4 Å². The van der Waals surface area contributed by atoms with E-state index in [0.29, 0.717) is 17.5 Å². The molecule has 0 spiro atoms. The molecule has 2 N–H and O–H groups in total. The maximum Gasteiger partial charge on any atom is 0.329 e. The van der Waals surface area contributed by atoms with E-state index in [1.165, 1.54) is 25.4 Å². The fraction of sp³-hybridized carbons (Fsp3) is 0.120. The number of carbonyl (C=O) groups excluding carboxylic acids is 1. The normalized spacial score (nSPS) is 12.1. The number of imidazole rings is 1. The van der Waals surface area contributed by atoms with Gasteiger partial charge in [-0.2, -0.15) is 0 Å². The van der Waals surface area contributed by atoms with E-state index in [0.717, 1.165) is 24.3 Å². The molecule has 12 heteroatoms. The maximum absolute atomic E-state index is 14.0. The van der Waals surface area contributed by atoms with Crippen LogP contribution in [0.15, 0.2) is 84.0 Å². The second-order valence-electron chi connectivity index (χ2n) is 7.90. The highest BCUT2D eigenvalue weighted by Gasteiger charge is 2.26. The molecule has 1 aromatic heterocycles. The fourth-order valence-electron chi connectivity index (χ4n) is 3.73. The van der Waals surface area contributed by atoms with Gasteiger partial charge in [0.1, 0.15) is 33.9 Å². The summed E-state index contributed by atoms with van der Waals surface area (Å²) in [6.45, 7) is 0. The molecule has 0 bridgehead atoms. The van der Waals surface area contributed by atoms with E-state index in [1.807, 2.05) is 0 Å². The molecule has 3 aromatic carbocycles. The number of methoxy groups -OCH3 is 1. The minimum atomic E-state index is -4.56. The Kier molecular flexibility index (Phi) is 7.48. The molecule has 0 aliphatic carbocycles. The van der Waals surface area contributed by atoms with Crippen LogP contribution in [0.25, 0.3) is 5.69 Å². The van der Waals surface area contributed by atoms with Crippen LogP contribution >= 0.6 is 0 Å². The summed E-state index contributed by atoms with van der Waals surface area (Å²) in [6, 6.07) is 12.1. The predicted octanol–water partition coefficient (Wildman–Crippen LogP) is 4.27. The fourth-order valence-corrected chi connectivity index (χ4v) is 4.73. The third kappa shape index (κ3) is 6.09. The molecule has 1 atom stereocenters. The molecule has 1 heterocycles. The summed E-state index contributed by atoms with van der Waals surface area (Å²) in [5.41, 5.74) is 0.814. The number of ether oxygens (including phenoxy) is 1. The Morgan fingerprint density at radius 1 is 1.03 bits per heavy atom. The molecule has 0 unspecified atom stereocenters. The van der Waals surface area contributed by atoms with Crippen molar-refractivity contribution >= 4 is 16.1 Å². The molecular weight excluding hydrogens is 509 g/mol. The topological polar surface area (TPSA) is 102 Å². The SMILES string of the molecule is COc1ccc(-n2ccnc2[C@H](Cc2cc(F)cc(F)c2)NC(=O)NS(=O)(=O)c2ccccc2F)cc1. The number of aromatic nitrogens is 2. The summed E-state index contributed by atoms with van der Waals surface area (Å²) in [6.07, 6.45) is 2.91. The van der Waals surface area contributed by atoms with Gasteiger partial charge in [-0.25, -0.2) is 36.1 Å². The Hall–Kier alpha value is -4.32. The van der Waals surface area contributed by atoms with Crippen molar-refractivity contribution in [3.63, 3.8) is 0 Å². The molecule has 0 saturated heterocycles. The van der Waals surface area contributed by atoms with Gasteiger partial charge in [-0.05, 0) is 54.1 Å². The first-order valence-corrected chi connectivity index (χ1v) is 12.3. The molecule has 0 aliphatic heterocycles. The average molecular weight is 531 g/mol. The van der Waals surface area contributed by atoms with E-state index in [9.17, 15) is 26.4 Å². The first-order chi connectivity index (χ1) is 17.7. The predicted molar refractivity (Wildman–Crippen MR) is 128 cm³/mol. The molecular formula is C25H21F3N4O4S. The quantitative estimate of drug-likeness (QED) is 0.354. The van der Waals surface area contributed by atoms with Crippen molar-refractivity contribution in [1.82, 2.24) is 19.6 Å². The Labute approximate surface area is 210 Å². The van der Waals surface area contributed by atoms with Crippen molar-refractivity contribution in [3.8, 4) is 11.4 Å². The lowest BCUT2D eigenvalue weighted by molar-refractivity contribution is 0.241. The number of sulfonamides is 1. The Morgan fingerprint density at radius 3 is 2.35 bits per heavy atom. The van der Waals surface area contributed by atoms with Crippen molar-refractivity contribution in [3.05, 3.63) is 108 Å². The number of nitrogens with zero attached hydrogens (tertiary/aromatic N) is 2. The number of rotatable bonds is 8. The van der Waals surface area contributed by atoms with Gasteiger partial charge >= 0.3 is 6.03 Å². The highest BCUT2D eigenvalue weighted by Crippen LogP contribution is 2.23. The van der Waals surface area contributed by atoms with E-state index in [-0.39, 0.29) is 17.8 Å². The van der Waals surface area contributed by atoms with Gasteiger partial charge in [0.25, 0.3) is 10.0 Å². The molecule has 37 heavy (non-hydrogen) atoms. The molecule has 0 fully saturated rings. The molecule has 0 aliphatic rings. The monoisotopic (exact) mass is 530 g/mol. The zero-order valence-corrected chi connectivity index (χ0v) is 20.2. The van der Waals surface area contributed by atoms with Gasteiger partial charge in [0.05, 0.1) is 13.2 Å². The van der Waals surface area contributed by atoms with Crippen LogP contribution < -0.4 is 14.8 Å². The van der Waals surface area contributed by atoms with E-state index in [1.54, 1.807) is 39.8 Å². The number of urea groups is 1. The summed E-state index contributed by atoms with van der Waals surface area (Å²) in [7, 11) is -3.04. The zero-order valence-electron chi connectivity index (χ0n) is 19.4. The van der Waals surface area contributed by atoms with Crippen molar-refractivity contribution < 1.29 is 31.1 Å². The summed E-state index contributed by atoms with van der Waals surface area (Å²) in [5.74, 6) is -1.83. The minimum Gasteiger partial charge on any atom is -0.497 e. The molecule has 4 aromatic rings. The summed E-state index contributed by atoms with van der Waals surface area (Å²) in [4.78, 5) is 16.4. The Bertz CT molecular complexity index is 1500. The number of hydrogen-bond donors (Lipinski definition) is 2. The largest absolute Gasteiger partial charge is 0.497 e. The van der Waals surface area contributed by atoms with Gasteiger partial charge in [-0.3, -0.25) is 0 Å². The van der Waals surface area contributed by atoms with Crippen molar-refractivity contribution in [2.45, 2.75) is 17.4 Å². The van der Waals surface area contributed by atoms with Crippen molar-refractivity contribution in [2.24, 2.45) is 0 Å². The molecule has 0 saturated carbocycles. The van der Waals surface area contributed by atoms with Crippen LogP contribution in [0.1, 0.15) is 17.4 Å². The van der Waals surface area contributed by atoms with E-state index in [2.05, 4.69) is 10.3 Å². The molecule has 0 radical (unpaired) electrons. The highest BCUT2D eigenvalue weighted by atomic mass is 32.2. The molecule has 4 rings (SSSR count). The number of nitrogens with one attached hydrogen (secondary N) is 2. The lowest BCUT2D eigenvalue weighted by atomic mass is 10.0. The van der Waals surface area contributed by atoms with Gasteiger partial charge in [-0.1, -0.05) is 12.1 Å². The number of hydrogen-bond acceptors (Lipinski definition) is 5. The lowest BCUT2D eigenvalue weighted by Gasteiger charge is -2.21. The van der Waals surface area contributed by atoms with Crippen LogP contribution in [-0.4, -0.2) is 31.1 Å². The number of carbonyl (C=O) groups is 1. The Morgan fingerprint density at radius 2 is 1.70 bits per heavy atom. The van der Waals surface area contributed by atoms with Gasteiger partial charge < -0.3 is 14.6 Å².